The molecule has 90 valence electrons. The monoisotopic (exact) mass is 225 g/mol. The van der Waals surface area contributed by atoms with E-state index in [1.807, 2.05) is 37.7 Å². The van der Waals surface area contributed by atoms with Crippen molar-refractivity contribution in [2.24, 2.45) is 0 Å². The summed E-state index contributed by atoms with van der Waals surface area (Å²) in [5.74, 6) is 0. The highest BCUT2D eigenvalue weighted by Gasteiger charge is 2.13. The number of nitrogens with zero attached hydrogens (tertiary/aromatic N) is 2. The minimum absolute atomic E-state index is 0.251. The van der Waals surface area contributed by atoms with Crippen LogP contribution in [0.25, 0.3) is 0 Å². The molecule has 1 aromatic heterocycles. The predicted octanol–water partition coefficient (Wildman–Crippen LogP) is 1.80. The second-order valence-electron chi connectivity index (χ2n) is 4.63. The molecule has 0 saturated carbocycles. The number of aromatic nitrogens is 2. The minimum atomic E-state index is -0.368. The molecule has 5 nitrogen and oxygen atoms in total. The Morgan fingerprint density at radius 3 is 2.81 bits per heavy atom. The van der Waals surface area contributed by atoms with Crippen LogP contribution in [-0.2, 0) is 11.3 Å². The van der Waals surface area contributed by atoms with Gasteiger partial charge in [0.2, 0.25) is 0 Å². The molecule has 0 aliphatic rings. The van der Waals surface area contributed by atoms with Gasteiger partial charge in [0.15, 0.2) is 0 Å². The van der Waals surface area contributed by atoms with Crippen molar-refractivity contribution >= 4 is 6.09 Å². The van der Waals surface area contributed by atoms with Gasteiger partial charge in [-0.1, -0.05) is 0 Å². The van der Waals surface area contributed by atoms with Crippen LogP contribution in [0.2, 0.25) is 0 Å². The van der Waals surface area contributed by atoms with E-state index in [4.69, 9.17) is 4.74 Å². The summed E-state index contributed by atoms with van der Waals surface area (Å²) in [6.07, 6.45) is 4.01. The van der Waals surface area contributed by atoms with Crippen LogP contribution in [0.4, 0.5) is 4.79 Å². The molecular formula is C11H19N3O2. The lowest BCUT2D eigenvalue weighted by Gasteiger charge is -2.19. The number of amides is 1. The summed E-state index contributed by atoms with van der Waals surface area (Å²) in [7, 11) is 0. The summed E-state index contributed by atoms with van der Waals surface area (Å²) in [5, 5.41) is 6.78. The number of nitrogens with one attached hydrogen (secondary N) is 1. The van der Waals surface area contributed by atoms with Crippen molar-refractivity contribution in [2.75, 3.05) is 6.61 Å². The van der Waals surface area contributed by atoms with Crippen molar-refractivity contribution < 1.29 is 9.53 Å². The third-order valence-corrected chi connectivity index (χ3v) is 1.80. The van der Waals surface area contributed by atoms with Crippen LogP contribution in [0.5, 0.6) is 0 Å². The number of carbonyl (C=O) groups excluding carboxylic acids is 1. The molecule has 0 spiro atoms. The Hall–Kier alpha value is -1.52. The van der Waals surface area contributed by atoms with Gasteiger partial charge in [0.25, 0.3) is 0 Å². The second kappa shape index (κ2) is 5.53. The quantitative estimate of drug-likeness (QED) is 0.795. The molecule has 1 rings (SSSR count). The Balaban J connectivity index is 2.09. The molecule has 16 heavy (non-hydrogen) atoms. The van der Waals surface area contributed by atoms with Gasteiger partial charge in [-0.05, 0) is 26.8 Å². The van der Waals surface area contributed by atoms with E-state index in [9.17, 15) is 4.79 Å². The van der Waals surface area contributed by atoms with E-state index >= 15 is 0 Å². The average Bonchev–Trinajstić information content (AvgIpc) is 2.62. The Bertz CT molecular complexity index is 314. The predicted molar refractivity (Wildman–Crippen MR) is 61.1 cm³/mol. The molecule has 1 N–H and O–H groups in total. The summed E-state index contributed by atoms with van der Waals surface area (Å²) in [4.78, 5) is 11.3. The van der Waals surface area contributed by atoms with Crippen molar-refractivity contribution in [3.63, 3.8) is 0 Å². The van der Waals surface area contributed by atoms with E-state index in [1.54, 1.807) is 6.20 Å². The standard InChI is InChI=1S/C11H19N3O2/c1-11(2,3)13-10(15)16-9-5-8-14-7-4-6-12-14/h4,6-7H,5,8-9H2,1-3H3,(H,13,15). The maximum atomic E-state index is 11.3. The van der Waals surface area contributed by atoms with Crippen LogP contribution in [0.3, 0.4) is 0 Å². The van der Waals surface area contributed by atoms with Gasteiger partial charge in [0.05, 0.1) is 6.61 Å². The topological polar surface area (TPSA) is 56.1 Å². The molecule has 0 unspecified atom stereocenters. The molecule has 1 aromatic rings. The van der Waals surface area contributed by atoms with Crippen LogP contribution in [0.1, 0.15) is 27.2 Å². The van der Waals surface area contributed by atoms with Crippen LogP contribution in [0.15, 0.2) is 18.5 Å². The van der Waals surface area contributed by atoms with Crippen LogP contribution in [-0.4, -0.2) is 28.0 Å². The third kappa shape index (κ3) is 5.38. The number of hydrogen-bond acceptors (Lipinski definition) is 3. The van der Waals surface area contributed by atoms with E-state index in [0.717, 1.165) is 13.0 Å². The number of ether oxygens (including phenoxy) is 1. The molecule has 0 atom stereocenters. The van der Waals surface area contributed by atoms with Crippen LogP contribution >= 0.6 is 0 Å². The molecule has 0 bridgehead atoms. The molecule has 0 radical (unpaired) electrons. The minimum Gasteiger partial charge on any atom is -0.449 e. The van der Waals surface area contributed by atoms with Crippen molar-refractivity contribution in [2.45, 2.75) is 39.3 Å². The van der Waals surface area contributed by atoms with Crippen molar-refractivity contribution in [3.8, 4) is 0 Å². The van der Waals surface area contributed by atoms with Gasteiger partial charge in [-0.15, -0.1) is 0 Å². The van der Waals surface area contributed by atoms with E-state index in [-0.39, 0.29) is 11.6 Å². The number of aryl methyl sites for hydroxylation is 1. The van der Waals surface area contributed by atoms with E-state index in [2.05, 4.69) is 10.4 Å². The van der Waals surface area contributed by atoms with E-state index in [1.165, 1.54) is 0 Å². The maximum absolute atomic E-state index is 11.3. The highest BCUT2D eigenvalue weighted by atomic mass is 16.5. The lowest BCUT2D eigenvalue weighted by atomic mass is 10.1. The fourth-order valence-corrected chi connectivity index (χ4v) is 1.17. The summed E-state index contributed by atoms with van der Waals surface area (Å²) >= 11 is 0. The molecule has 0 aliphatic carbocycles. The third-order valence-electron chi connectivity index (χ3n) is 1.80. The summed E-state index contributed by atoms with van der Waals surface area (Å²) in [6.45, 7) is 6.91. The molecular weight excluding hydrogens is 206 g/mol. The van der Waals surface area contributed by atoms with Crippen LogP contribution in [0, 0.1) is 0 Å². The number of rotatable bonds is 4. The normalized spacial score (nSPS) is 11.2. The number of carbonyl (C=O) groups is 1. The molecule has 0 fully saturated rings. The molecule has 0 aromatic carbocycles. The molecule has 1 amide bonds. The van der Waals surface area contributed by atoms with Gasteiger partial charge in [0, 0.05) is 30.9 Å². The zero-order valence-electron chi connectivity index (χ0n) is 10.1. The van der Waals surface area contributed by atoms with E-state index in [0.29, 0.717) is 6.61 Å². The Labute approximate surface area is 95.8 Å². The first-order valence-electron chi connectivity index (χ1n) is 5.40. The van der Waals surface area contributed by atoms with Crippen molar-refractivity contribution in [1.82, 2.24) is 15.1 Å². The summed E-state index contributed by atoms with van der Waals surface area (Å²) < 4.78 is 6.84. The fraction of sp³-hybridized carbons (Fsp3) is 0.636. The second-order valence-corrected chi connectivity index (χ2v) is 4.63. The lowest BCUT2D eigenvalue weighted by Crippen LogP contribution is -2.41. The van der Waals surface area contributed by atoms with Gasteiger partial charge in [-0.25, -0.2) is 4.79 Å². The van der Waals surface area contributed by atoms with Gasteiger partial charge in [-0.3, -0.25) is 4.68 Å². The summed E-state index contributed by atoms with van der Waals surface area (Å²) in [5.41, 5.74) is -0.251. The number of hydrogen-bond donors (Lipinski definition) is 1. The van der Waals surface area contributed by atoms with Gasteiger partial charge >= 0.3 is 6.09 Å². The lowest BCUT2D eigenvalue weighted by molar-refractivity contribution is 0.134. The van der Waals surface area contributed by atoms with Gasteiger partial charge in [-0.2, -0.15) is 5.10 Å². The first-order chi connectivity index (χ1) is 7.47. The SMILES string of the molecule is CC(C)(C)NC(=O)OCCCn1cccn1. The van der Waals surface area contributed by atoms with Crippen molar-refractivity contribution in [1.29, 1.82) is 0 Å². The molecule has 5 heteroatoms. The van der Waals surface area contributed by atoms with Crippen LogP contribution < -0.4 is 5.32 Å². The average molecular weight is 225 g/mol. The summed E-state index contributed by atoms with van der Waals surface area (Å²) in [6, 6.07) is 1.87. The van der Waals surface area contributed by atoms with Gasteiger partial charge in [0.1, 0.15) is 0 Å². The highest BCUT2D eigenvalue weighted by Crippen LogP contribution is 1.99. The fourth-order valence-electron chi connectivity index (χ4n) is 1.17. The maximum Gasteiger partial charge on any atom is 0.407 e. The Morgan fingerprint density at radius 1 is 1.50 bits per heavy atom. The van der Waals surface area contributed by atoms with E-state index < -0.39 is 0 Å². The zero-order valence-corrected chi connectivity index (χ0v) is 10.1. The molecule has 0 aliphatic heterocycles. The zero-order chi connectivity index (χ0) is 12.0. The highest BCUT2D eigenvalue weighted by molar-refractivity contribution is 5.67. The Kier molecular flexibility index (Phi) is 4.34. The first-order valence-corrected chi connectivity index (χ1v) is 5.40. The van der Waals surface area contributed by atoms with Crippen molar-refractivity contribution in [3.05, 3.63) is 18.5 Å². The number of alkyl carbamates (subject to hydrolysis) is 1. The first kappa shape index (κ1) is 12.5. The molecule has 0 saturated heterocycles. The smallest absolute Gasteiger partial charge is 0.407 e. The Morgan fingerprint density at radius 2 is 2.25 bits per heavy atom. The molecule has 1 heterocycles. The van der Waals surface area contributed by atoms with Gasteiger partial charge < -0.3 is 10.1 Å². The largest absolute Gasteiger partial charge is 0.449 e.